The van der Waals surface area contributed by atoms with E-state index < -0.39 is 0 Å². The zero-order valence-corrected chi connectivity index (χ0v) is 9.25. The maximum atomic E-state index is 4.36. The van der Waals surface area contributed by atoms with E-state index >= 15 is 0 Å². The Morgan fingerprint density at radius 1 is 1.57 bits per heavy atom. The Bertz CT molecular complexity index is 312. The van der Waals surface area contributed by atoms with Gasteiger partial charge in [-0.3, -0.25) is 4.68 Å². The van der Waals surface area contributed by atoms with Gasteiger partial charge in [0.25, 0.3) is 0 Å². The molecule has 1 N–H and O–H groups in total. The van der Waals surface area contributed by atoms with Crippen LogP contribution in [0.25, 0.3) is 0 Å². The summed E-state index contributed by atoms with van der Waals surface area (Å²) in [6, 6.07) is 3.32. The number of hydrogen-bond acceptors (Lipinski definition) is 2. The molecule has 1 aromatic heterocycles. The first-order chi connectivity index (χ1) is 6.66. The molecule has 1 saturated carbocycles. The highest BCUT2D eigenvalue weighted by atomic mass is 15.3. The van der Waals surface area contributed by atoms with Crippen LogP contribution in [0.5, 0.6) is 0 Å². The van der Waals surface area contributed by atoms with Gasteiger partial charge in [0.05, 0.1) is 11.4 Å². The van der Waals surface area contributed by atoms with E-state index in [-0.39, 0.29) is 0 Å². The largest absolute Gasteiger partial charge is 0.306 e. The van der Waals surface area contributed by atoms with Crippen LogP contribution in [-0.4, -0.2) is 15.8 Å². The smallest absolute Gasteiger partial charge is 0.0597 e. The van der Waals surface area contributed by atoms with Crippen LogP contribution in [0.15, 0.2) is 6.07 Å². The summed E-state index contributed by atoms with van der Waals surface area (Å²) in [7, 11) is 2.02. The lowest BCUT2D eigenvalue weighted by Crippen LogP contribution is -2.37. The van der Waals surface area contributed by atoms with Crippen molar-refractivity contribution in [2.45, 2.75) is 45.2 Å². The maximum Gasteiger partial charge on any atom is 0.0597 e. The van der Waals surface area contributed by atoms with E-state index in [2.05, 4.69) is 23.4 Å². The Hall–Kier alpha value is -0.830. The van der Waals surface area contributed by atoms with Crippen LogP contribution in [0.4, 0.5) is 0 Å². The number of rotatable bonds is 3. The molecule has 3 heteroatoms. The van der Waals surface area contributed by atoms with Crippen LogP contribution in [0.3, 0.4) is 0 Å². The van der Waals surface area contributed by atoms with Gasteiger partial charge >= 0.3 is 0 Å². The van der Waals surface area contributed by atoms with E-state index in [0.29, 0.717) is 6.04 Å². The van der Waals surface area contributed by atoms with Crippen molar-refractivity contribution in [3.63, 3.8) is 0 Å². The SMILES string of the molecule is Cc1cc(C(C)NC2CCC2)n(C)n1. The van der Waals surface area contributed by atoms with Crippen LogP contribution in [0, 0.1) is 6.92 Å². The molecule has 1 atom stereocenters. The van der Waals surface area contributed by atoms with Crippen LogP contribution in [0.2, 0.25) is 0 Å². The van der Waals surface area contributed by atoms with Crippen molar-refractivity contribution in [2.75, 3.05) is 0 Å². The maximum absolute atomic E-state index is 4.36. The summed E-state index contributed by atoms with van der Waals surface area (Å²) >= 11 is 0. The number of nitrogens with zero attached hydrogens (tertiary/aromatic N) is 2. The Morgan fingerprint density at radius 3 is 2.71 bits per heavy atom. The number of aryl methyl sites for hydroxylation is 2. The molecule has 1 aliphatic rings. The third-order valence-corrected chi connectivity index (χ3v) is 3.07. The number of aromatic nitrogens is 2. The van der Waals surface area contributed by atoms with E-state index in [1.807, 2.05) is 18.7 Å². The van der Waals surface area contributed by atoms with Crippen molar-refractivity contribution in [2.24, 2.45) is 7.05 Å². The molecule has 1 heterocycles. The van der Waals surface area contributed by atoms with Crippen LogP contribution >= 0.6 is 0 Å². The summed E-state index contributed by atoms with van der Waals surface area (Å²) < 4.78 is 1.98. The van der Waals surface area contributed by atoms with Crippen molar-refractivity contribution in [3.8, 4) is 0 Å². The van der Waals surface area contributed by atoms with Gasteiger partial charge in [-0.1, -0.05) is 6.42 Å². The molecule has 0 aromatic carbocycles. The minimum atomic E-state index is 0.423. The lowest BCUT2D eigenvalue weighted by Gasteiger charge is -2.30. The van der Waals surface area contributed by atoms with Crippen LogP contribution in [0.1, 0.15) is 43.6 Å². The lowest BCUT2D eigenvalue weighted by atomic mass is 9.92. The highest BCUT2D eigenvalue weighted by molar-refractivity contribution is 5.12. The Labute approximate surface area is 85.5 Å². The van der Waals surface area contributed by atoms with E-state index in [1.54, 1.807) is 0 Å². The molecule has 0 saturated heterocycles. The first kappa shape index (κ1) is 9.71. The fourth-order valence-electron chi connectivity index (χ4n) is 2.05. The molecule has 0 aliphatic heterocycles. The zero-order chi connectivity index (χ0) is 10.1. The van der Waals surface area contributed by atoms with Crippen LogP contribution in [-0.2, 0) is 7.05 Å². The minimum absolute atomic E-state index is 0.423. The van der Waals surface area contributed by atoms with E-state index in [0.717, 1.165) is 11.7 Å². The van der Waals surface area contributed by atoms with Gasteiger partial charge in [0.15, 0.2) is 0 Å². The Balaban J connectivity index is 2.02. The third kappa shape index (κ3) is 1.82. The molecular formula is C11H19N3. The number of hydrogen-bond donors (Lipinski definition) is 1. The molecular weight excluding hydrogens is 174 g/mol. The molecule has 0 bridgehead atoms. The van der Waals surface area contributed by atoms with E-state index in [9.17, 15) is 0 Å². The highest BCUT2D eigenvalue weighted by Gasteiger charge is 2.21. The Kier molecular flexibility index (Phi) is 2.59. The van der Waals surface area contributed by atoms with Gasteiger partial charge in [-0.25, -0.2) is 0 Å². The van der Waals surface area contributed by atoms with Gasteiger partial charge < -0.3 is 5.32 Å². The predicted octanol–water partition coefficient (Wildman–Crippen LogP) is 1.93. The van der Waals surface area contributed by atoms with Crippen molar-refractivity contribution in [3.05, 3.63) is 17.5 Å². The van der Waals surface area contributed by atoms with Gasteiger partial charge in [0, 0.05) is 19.1 Å². The number of nitrogens with one attached hydrogen (secondary N) is 1. The van der Waals surface area contributed by atoms with E-state index in [4.69, 9.17) is 0 Å². The van der Waals surface area contributed by atoms with Gasteiger partial charge in [-0.05, 0) is 32.8 Å². The average molecular weight is 193 g/mol. The third-order valence-electron chi connectivity index (χ3n) is 3.07. The summed E-state index contributed by atoms with van der Waals surface area (Å²) in [5.41, 5.74) is 2.39. The summed E-state index contributed by atoms with van der Waals surface area (Å²) in [4.78, 5) is 0. The molecule has 1 aliphatic carbocycles. The molecule has 3 nitrogen and oxygen atoms in total. The van der Waals surface area contributed by atoms with Gasteiger partial charge in [0.1, 0.15) is 0 Å². The van der Waals surface area contributed by atoms with Crippen LogP contribution < -0.4 is 5.32 Å². The molecule has 0 radical (unpaired) electrons. The normalized spacial score (nSPS) is 19.4. The Morgan fingerprint density at radius 2 is 2.29 bits per heavy atom. The topological polar surface area (TPSA) is 29.9 Å². The minimum Gasteiger partial charge on any atom is -0.306 e. The van der Waals surface area contributed by atoms with E-state index in [1.165, 1.54) is 25.0 Å². The van der Waals surface area contributed by atoms with Crippen molar-refractivity contribution < 1.29 is 0 Å². The predicted molar refractivity (Wildman–Crippen MR) is 57.1 cm³/mol. The van der Waals surface area contributed by atoms with Crippen molar-refractivity contribution in [1.82, 2.24) is 15.1 Å². The average Bonchev–Trinajstić information content (AvgIpc) is 2.37. The standard InChI is InChI=1S/C11H19N3/c1-8-7-11(14(3)13-8)9(2)12-10-5-4-6-10/h7,9-10,12H,4-6H2,1-3H3. The fraction of sp³-hybridized carbons (Fsp3) is 0.727. The van der Waals surface area contributed by atoms with Gasteiger partial charge in [-0.15, -0.1) is 0 Å². The molecule has 0 spiro atoms. The first-order valence-electron chi connectivity index (χ1n) is 5.43. The monoisotopic (exact) mass is 193 g/mol. The second-order valence-electron chi connectivity index (χ2n) is 4.35. The molecule has 2 rings (SSSR count). The molecule has 1 fully saturated rings. The summed E-state index contributed by atoms with van der Waals surface area (Å²) in [6.07, 6.45) is 4.05. The molecule has 1 unspecified atom stereocenters. The molecule has 0 amide bonds. The second kappa shape index (κ2) is 3.73. The molecule has 14 heavy (non-hydrogen) atoms. The van der Waals surface area contributed by atoms with Gasteiger partial charge in [0.2, 0.25) is 0 Å². The highest BCUT2D eigenvalue weighted by Crippen LogP contribution is 2.22. The second-order valence-corrected chi connectivity index (χ2v) is 4.35. The molecule has 78 valence electrons. The summed E-state index contributed by atoms with van der Waals surface area (Å²) in [5.74, 6) is 0. The summed E-state index contributed by atoms with van der Waals surface area (Å²) in [6.45, 7) is 4.26. The lowest BCUT2D eigenvalue weighted by molar-refractivity contribution is 0.308. The van der Waals surface area contributed by atoms with Gasteiger partial charge in [-0.2, -0.15) is 5.10 Å². The molecule has 1 aromatic rings. The zero-order valence-electron chi connectivity index (χ0n) is 9.25. The fourth-order valence-corrected chi connectivity index (χ4v) is 2.05. The quantitative estimate of drug-likeness (QED) is 0.795. The first-order valence-corrected chi connectivity index (χ1v) is 5.43. The van der Waals surface area contributed by atoms with Crippen molar-refractivity contribution in [1.29, 1.82) is 0 Å². The van der Waals surface area contributed by atoms with Crippen molar-refractivity contribution >= 4 is 0 Å². The summed E-state index contributed by atoms with van der Waals surface area (Å²) in [5, 5.41) is 7.99.